The lowest BCUT2D eigenvalue weighted by Gasteiger charge is -2.32. The molecule has 2 aromatic rings. The first kappa shape index (κ1) is 16.1. The summed E-state index contributed by atoms with van der Waals surface area (Å²) in [5.41, 5.74) is 1.17. The third kappa shape index (κ3) is 4.35. The van der Waals surface area contributed by atoms with Crippen LogP contribution in [0.15, 0.2) is 12.4 Å². The minimum absolute atomic E-state index is 0.156. The van der Waals surface area contributed by atoms with E-state index in [-0.39, 0.29) is 6.10 Å². The van der Waals surface area contributed by atoms with Gasteiger partial charge < -0.3 is 4.74 Å². The van der Waals surface area contributed by atoms with Crippen molar-refractivity contribution in [2.75, 3.05) is 19.7 Å². The van der Waals surface area contributed by atoms with E-state index in [9.17, 15) is 0 Å². The van der Waals surface area contributed by atoms with Crippen molar-refractivity contribution in [1.82, 2.24) is 34.9 Å². The molecule has 1 fully saturated rings. The second kappa shape index (κ2) is 7.65. The van der Waals surface area contributed by atoms with Crippen molar-refractivity contribution >= 4 is 0 Å². The van der Waals surface area contributed by atoms with E-state index in [4.69, 9.17) is 4.74 Å². The summed E-state index contributed by atoms with van der Waals surface area (Å²) in [6, 6.07) is 0. The fourth-order valence-corrected chi connectivity index (χ4v) is 2.83. The Morgan fingerprint density at radius 3 is 3.09 bits per heavy atom. The summed E-state index contributed by atoms with van der Waals surface area (Å²) in [6.45, 7) is 9.19. The summed E-state index contributed by atoms with van der Waals surface area (Å²) in [5, 5.41) is 16.4. The van der Waals surface area contributed by atoms with Crippen LogP contribution in [-0.2, 0) is 24.4 Å². The van der Waals surface area contributed by atoms with E-state index in [0.717, 1.165) is 58.0 Å². The Morgan fingerprint density at radius 2 is 2.30 bits per heavy atom. The molecule has 1 aliphatic heterocycles. The molecule has 1 saturated heterocycles. The van der Waals surface area contributed by atoms with Crippen LogP contribution in [0.4, 0.5) is 0 Å². The maximum atomic E-state index is 5.87. The lowest BCUT2D eigenvalue weighted by Crippen LogP contribution is -2.44. The van der Waals surface area contributed by atoms with Crippen LogP contribution >= 0.6 is 0 Å². The lowest BCUT2D eigenvalue weighted by atomic mass is 10.2. The van der Waals surface area contributed by atoms with Gasteiger partial charge in [-0.05, 0) is 29.3 Å². The summed E-state index contributed by atoms with van der Waals surface area (Å²) in [7, 11) is 0. The van der Waals surface area contributed by atoms with Crippen LogP contribution in [0.25, 0.3) is 0 Å². The SMILES string of the molecule is CCCCn1nnnc1CN1CCO[C@H](Cn2cc(C)cn2)C1. The molecule has 8 nitrogen and oxygen atoms in total. The fourth-order valence-electron chi connectivity index (χ4n) is 2.83. The number of hydrogen-bond acceptors (Lipinski definition) is 6. The number of hydrogen-bond donors (Lipinski definition) is 0. The molecule has 126 valence electrons. The predicted octanol–water partition coefficient (Wildman–Crippen LogP) is 0.879. The van der Waals surface area contributed by atoms with Gasteiger partial charge in [0.25, 0.3) is 0 Å². The zero-order valence-corrected chi connectivity index (χ0v) is 13.9. The van der Waals surface area contributed by atoms with Crippen LogP contribution in [-0.4, -0.2) is 60.7 Å². The number of tetrazole rings is 1. The van der Waals surface area contributed by atoms with Gasteiger partial charge in [0.15, 0.2) is 5.82 Å². The third-order valence-electron chi connectivity index (χ3n) is 4.07. The molecule has 3 heterocycles. The van der Waals surface area contributed by atoms with E-state index in [1.54, 1.807) is 0 Å². The van der Waals surface area contributed by atoms with Crippen molar-refractivity contribution in [2.24, 2.45) is 0 Å². The molecule has 0 spiro atoms. The van der Waals surface area contributed by atoms with Gasteiger partial charge in [-0.25, -0.2) is 4.68 Å². The van der Waals surface area contributed by atoms with Crippen molar-refractivity contribution in [3.63, 3.8) is 0 Å². The van der Waals surface area contributed by atoms with E-state index < -0.39 is 0 Å². The second-order valence-corrected chi connectivity index (χ2v) is 6.14. The van der Waals surface area contributed by atoms with Gasteiger partial charge in [-0.3, -0.25) is 9.58 Å². The van der Waals surface area contributed by atoms with Gasteiger partial charge in [0.2, 0.25) is 0 Å². The van der Waals surface area contributed by atoms with Gasteiger partial charge in [0.05, 0.1) is 32.0 Å². The first-order chi connectivity index (χ1) is 11.2. The quantitative estimate of drug-likeness (QED) is 0.754. The fraction of sp³-hybridized carbons (Fsp3) is 0.733. The second-order valence-electron chi connectivity index (χ2n) is 6.14. The third-order valence-corrected chi connectivity index (χ3v) is 4.07. The topological polar surface area (TPSA) is 73.9 Å². The summed E-state index contributed by atoms with van der Waals surface area (Å²) in [4.78, 5) is 2.36. The van der Waals surface area contributed by atoms with E-state index in [1.807, 2.05) is 28.7 Å². The summed E-state index contributed by atoms with van der Waals surface area (Å²) < 4.78 is 9.75. The summed E-state index contributed by atoms with van der Waals surface area (Å²) in [6.07, 6.45) is 6.32. The normalized spacial score (nSPS) is 19.3. The highest BCUT2D eigenvalue weighted by molar-refractivity contribution is 4.99. The van der Waals surface area contributed by atoms with Gasteiger partial charge in [0.1, 0.15) is 0 Å². The Hall–Kier alpha value is -1.80. The Balaban J connectivity index is 1.55. The van der Waals surface area contributed by atoms with Crippen LogP contribution < -0.4 is 0 Å². The molecule has 0 aliphatic carbocycles. The first-order valence-corrected chi connectivity index (χ1v) is 8.32. The molecule has 0 aromatic carbocycles. The van der Waals surface area contributed by atoms with E-state index in [1.165, 1.54) is 5.56 Å². The average molecular weight is 319 g/mol. The standard InChI is InChI=1S/C15H25N7O/c1-3-4-5-22-15(17-18-19-22)12-20-6-7-23-14(10-20)11-21-9-13(2)8-16-21/h8-9,14H,3-7,10-12H2,1-2H3/t14-/m0/s1. The van der Waals surface area contributed by atoms with Gasteiger partial charge in [-0.2, -0.15) is 5.10 Å². The highest BCUT2D eigenvalue weighted by Gasteiger charge is 2.22. The van der Waals surface area contributed by atoms with Gasteiger partial charge in [0, 0.05) is 25.8 Å². The Kier molecular flexibility index (Phi) is 5.35. The molecule has 8 heteroatoms. The van der Waals surface area contributed by atoms with Crippen LogP contribution in [0.2, 0.25) is 0 Å². The Labute approximate surface area is 136 Å². The minimum atomic E-state index is 0.156. The number of nitrogens with zero attached hydrogens (tertiary/aromatic N) is 7. The number of aryl methyl sites for hydroxylation is 2. The van der Waals surface area contributed by atoms with Crippen molar-refractivity contribution in [3.05, 3.63) is 23.8 Å². The average Bonchev–Trinajstić information content (AvgIpc) is 3.15. The van der Waals surface area contributed by atoms with Crippen molar-refractivity contribution < 1.29 is 4.74 Å². The Bertz CT molecular complexity index is 608. The summed E-state index contributed by atoms with van der Waals surface area (Å²) >= 11 is 0. The molecule has 0 unspecified atom stereocenters. The van der Waals surface area contributed by atoms with Crippen LogP contribution in [0.3, 0.4) is 0 Å². The summed E-state index contributed by atoms with van der Waals surface area (Å²) in [5.74, 6) is 0.939. The van der Waals surface area contributed by atoms with Crippen LogP contribution in [0, 0.1) is 6.92 Å². The zero-order valence-electron chi connectivity index (χ0n) is 13.9. The smallest absolute Gasteiger partial charge is 0.165 e. The molecule has 0 radical (unpaired) electrons. The number of unbranched alkanes of at least 4 members (excludes halogenated alkanes) is 1. The Morgan fingerprint density at radius 1 is 1.39 bits per heavy atom. The molecule has 0 saturated carbocycles. The van der Waals surface area contributed by atoms with Crippen molar-refractivity contribution in [2.45, 2.75) is 52.4 Å². The largest absolute Gasteiger partial charge is 0.374 e. The molecular formula is C15H25N7O. The molecule has 0 amide bonds. The van der Waals surface area contributed by atoms with E-state index in [2.05, 4.69) is 32.4 Å². The maximum absolute atomic E-state index is 5.87. The van der Waals surface area contributed by atoms with Crippen molar-refractivity contribution in [1.29, 1.82) is 0 Å². The number of ether oxygens (including phenoxy) is 1. The molecule has 23 heavy (non-hydrogen) atoms. The van der Waals surface area contributed by atoms with Crippen LogP contribution in [0.5, 0.6) is 0 Å². The predicted molar refractivity (Wildman–Crippen MR) is 84.7 cm³/mol. The minimum Gasteiger partial charge on any atom is -0.374 e. The highest BCUT2D eigenvalue weighted by atomic mass is 16.5. The lowest BCUT2D eigenvalue weighted by molar-refractivity contribution is -0.0412. The maximum Gasteiger partial charge on any atom is 0.165 e. The molecule has 1 aliphatic rings. The first-order valence-electron chi connectivity index (χ1n) is 8.32. The zero-order chi connectivity index (χ0) is 16.1. The van der Waals surface area contributed by atoms with Crippen molar-refractivity contribution in [3.8, 4) is 0 Å². The van der Waals surface area contributed by atoms with Gasteiger partial charge >= 0.3 is 0 Å². The molecule has 0 N–H and O–H groups in total. The number of rotatable bonds is 7. The molecule has 3 rings (SSSR count). The monoisotopic (exact) mass is 319 g/mol. The molecular weight excluding hydrogens is 294 g/mol. The molecule has 1 atom stereocenters. The highest BCUT2D eigenvalue weighted by Crippen LogP contribution is 2.11. The number of aromatic nitrogens is 6. The van der Waals surface area contributed by atoms with E-state index in [0.29, 0.717) is 0 Å². The van der Waals surface area contributed by atoms with Gasteiger partial charge in [-0.15, -0.1) is 5.10 Å². The van der Waals surface area contributed by atoms with E-state index >= 15 is 0 Å². The van der Waals surface area contributed by atoms with Gasteiger partial charge in [-0.1, -0.05) is 13.3 Å². The number of morpholine rings is 1. The molecule has 2 aromatic heterocycles. The van der Waals surface area contributed by atoms with Crippen LogP contribution in [0.1, 0.15) is 31.2 Å². The molecule has 0 bridgehead atoms.